The van der Waals surface area contributed by atoms with E-state index in [4.69, 9.17) is 9.72 Å². The Balaban J connectivity index is 1.14. The molecular weight excluding hydrogens is 362 g/mol. The van der Waals surface area contributed by atoms with E-state index in [-0.39, 0.29) is 5.91 Å². The molecule has 2 aromatic carbocycles. The molecule has 1 N–H and O–H groups in total. The van der Waals surface area contributed by atoms with Gasteiger partial charge in [-0.1, -0.05) is 42.5 Å². The molecule has 4 rings (SSSR count). The van der Waals surface area contributed by atoms with Crippen molar-refractivity contribution in [1.29, 1.82) is 0 Å². The smallest absolute Gasteiger partial charge is 0.222 e. The Hall–Kier alpha value is -2.66. The van der Waals surface area contributed by atoms with E-state index in [0.29, 0.717) is 25.6 Å². The number of piperidine rings is 1. The van der Waals surface area contributed by atoms with Crippen molar-refractivity contribution in [1.82, 2.24) is 14.9 Å². The second-order valence-corrected chi connectivity index (χ2v) is 7.75. The number of aromatic amines is 1. The molecule has 5 nitrogen and oxygen atoms in total. The van der Waals surface area contributed by atoms with Crippen LogP contribution in [-0.2, 0) is 16.0 Å². The van der Waals surface area contributed by atoms with E-state index in [0.717, 1.165) is 55.6 Å². The molecule has 0 atom stereocenters. The molecule has 152 valence electrons. The zero-order valence-corrected chi connectivity index (χ0v) is 16.8. The highest BCUT2D eigenvalue weighted by Gasteiger charge is 2.25. The highest BCUT2D eigenvalue weighted by molar-refractivity contribution is 5.76. The van der Waals surface area contributed by atoms with Crippen molar-refractivity contribution in [3.63, 3.8) is 0 Å². The topological polar surface area (TPSA) is 58.2 Å². The van der Waals surface area contributed by atoms with Gasteiger partial charge in [-0.2, -0.15) is 0 Å². The summed E-state index contributed by atoms with van der Waals surface area (Å²) in [6.45, 7) is 2.99. The van der Waals surface area contributed by atoms with Crippen molar-refractivity contribution in [2.45, 2.75) is 38.0 Å². The lowest BCUT2D eigenvalue weighted by Crippen LogP contribution is -2.38. The van der Waals surface area contributed by atoms with Crippen LogP contribution >= 0.6 is 0 Å². The first-order valence-electron chi connectivity index (χ1n) is 10.6. The SMILES string of the molecule is O=C(CCCOCCc1ccccc1)N1CCC(c2nc3ccccc3[nH]2)CC1. The number of benzene rings is 2. The Bertz CT molecular complexity index is 881. The molecule has 5 heteroatoms. The molecule has 2 heterocycles. The molecule has 1 aliphatic heterocycles. The molecule has 0 unspecified atom stereocenters. The monoisotopic (exact) mass is 391 g/mol. The van der Waals surface area contributed by atoms with Crippen LogP contribution in [0.3, 0.4) is 0 Å². The number of nitrogens with one attached hydrogen (secondary N) is 1. The zero-order valence-electron chi connectivity index (χ0n) is 16.8. The summed E-state index contributed by atoms with van der Waals surface area (Å²) in [5.41, 5.74) is 3.40. The van der Waals surface area contributed by atoms with Crippen LogP contribution in [0.5, 0.6) is 0 Å². The average molecular weight is 392 g/mol. The van der Waals surface area contributed by atoms with Gasteiger partial charge in [-0.15, -0.1) is 0 Å². The number of amides is 1. The lowest BCUT2D eigenvalue weighted by Gasteiger charge is -2.31. The van der Waals surface area contributed by atoms with Crippen LogP contribution in [0.15, 0.2) is 54.6 Å². The van der Waals surface area contributed by atoms with Gasteiger partial charge in [-0.25, -0.2) is 4.98 Å². The van der Waals surface area contributed by atoms with Crippen molar-refractivity contribution in [2.75, 3.05) is 26.3 Å². The molecule has 3 aromatic rings. The number of H-pyrrole nitrogens is 1. The van der Waals surface area contributed by atoms with Gasteiger partial charge in [0.2, 0.25) is 5.91 Å². The number of fused-ring (bicyclic) bond motifs is 1. The van der Waals surface area contributed by atoms with Crippen LogP contribution in [0.4, 0.5) is 0 Å². The van der Waals surface area contributed by atoms with Gasteiger partial charge in [0.1, 0.15) is 5.82 Å². The molecule has 1 aromatic heterocycles. The fraction of sp³-hybridized carbons (Fsp3) is 0.417. The van der Waals surface area contributed by atoms with Crippen LogP contribution in [0.2, 0.25) is 0 Å². The van der Waals surface area contributed by atoms with Crippen LogP contribution in [-0.4, -0.2) is 47.1 Å². The van der Waals surface area contributed by atoms with Gasteiger partial charge in [-0.3, -0.25) is 4.79 Å². The summed E-state index contributed by atoms with van der Waals surface area (Å²) in [6.07, 6.45) is 4.22. The Kier molecular flexibility index (Phi) is 6.57. The van der Waals surface area contributed by atoms with E-state index in [1.165, 1.54) is 5.56 Å². The molecule has 0 spiro atoms. The normalized spacial score (nSPS) is 15.1. The van der Waals surface area contributed by atoms with E-state index in [1.54, 1.807) is 0 Å². The van der Waals surface area contributed by atoms with Crippen molar-refractivity contribution in [2.24, 2.45) is 0 Å². The molecule has 0 bridgehead atoms. The number of ether oxygens (including phenoxy) is 1. The van der Waals surface area contributed by atoms with Gasteiger partial charge >= 0.3 is 0 Å². The van der Waals surface area contributed by atoms with Crippen molar-refractivity contribution < 1.29 is 9.53 Å². The van der Waals surface area contributed by atoms with Crippen LogP contribution < -0.4 is 0 Å². The highest BCUT2D eigenvalue weighted by Crippen LogP contribution is 2.28. The van der Waals surface area contributed by atoms with E-state index in [9.17, 15) is 4.79 Å². The minimum atomic E-state index is 0.250. The van der Waals surface area contributed by atoms with Gasteiger partial charge < -0.3 is 14.6 Å². The Morgan fingerprint density at radius 3 is 2.59 bits per heavy atom. The third kappa shape index (κ3) is 5.24. The predicted molar refractivity (Wildman–Crippen MR) is 115 cm³/mol. The lowest BCUT2D eigenvalue weighted by molar-refractivity contribution is -0.132. The molecule has 1 fully saturated rings. The van der Waals surface area contributed by atoms with Crippen LogP contribution in [0.25, 0.3) is 11.0 Å². The van der Waals surface area contributed by atoms with E-state index >= 15 is 0 Å². The number of rotatable bonds is 8. The first-order valence-corrected chi connectivity index (χ1v) is 10.6. The minimum Gasteiger partial charge on any atom is -0.381 e. The molecular formula is C24H29N3O2. The number of carbonyl (C=O) groups is 1. The number of nitrogens with zero attached hydrogens (tertiary/aromatic N) is 2. The van der Waals surface area contributed by atoms with Crippen molar-refractivity contribution >= 4 is 16.9 Å². The predicted octanol–water partition coefficient (Wildman–Crippen LogP) is 4.31. The molecule has 29 heavy (non-hydrogen) atoms. The maximum Gasteiger partial charge on any atom is 0.222 e. The fourth-order valence-corrected chi connectivity index (χ4v) is 3.99. The van der Waals surface area contributed by atoms with E-state index < -0.39 is 0 Å². The Labute approximate surface area is 172 Å². The van der Waals surface area contributed by atoms with Gasteiger partial charge in [0.05, 0.1) is 17.6 Å². The standard InChI is InChI=1S/C24H29N3O2/c28-23(11-6-17-29-18-14-19-7-2-1-3-8-19)27-15-12-20(13-16-27)24-25-21-9-4-5-10-22(21)26-24/h1-5,7-10,20H,6,11-18H2,(H,25,26). The molecule has 1 saturated heterocycles. The molecule has 0 aliphatic carbocycles. The summed E-state index contributed by atoms with van der Waals surface area (Å²) in [4.78, 5) is 22.7. The van der Waals surface area contributed by atoms with Gasteiger partial charge in [-0.05, 0) is 43.4 Å². The molecule has 0 radical (unpaired) electrons. The second-order valence-electron chi connectivity index (χ2n) is 7.75. The van der Waals surface area contributed by atoms with E-state index in [2.05, 4.69) is 23.2 Å². The zero-order chi connectivity index (χ0) is 19.9. The number of carbonyl (C=O) groups excluding carboxylic acids is 1. The lowest BCUT2D eigenvalue weighted by atomic mass is 9.96. The quantitative estimate of drug-likeness (QED) is 0.582. The maximum absolute atomic E-state index is 12.5. The van der Waals surface area contributed by atoms with Crippen LogP contribution in [0.1, 0.15) is 43.0 Å². The molecule has 1 amide bonds. The fourth-order valence-electron chi connectivity index (χ4n) is 3.99. The van der Waals surface area contributed by atoms with Gasteiger partial charge in [0.15, 0.2) is 0 Å². The third-order valence-electron chi connectivity index (χ3n) is 5.70. The van der Waals surface area contributed by atoms with E-state index in [1.807, 2.05) is 41.3 Å². The van der Waals surface area contributed by atoms with Gasteiger partial charge in [0, 0.05) is 32.0 Å². The summed E-state index contributed by atoms with van der Waals surface area (Å²) in [5, 5.41) is 0. The number of hydrogen-bond acceptors (Lipinski definition) is 3. The summed E-state index contributed by atoms with van der Waals surface area (Å²) < 4.78 is 5.70. The summed E-state index contributed by atoms with van der Waals surface area (Å²) in [6, 6.07) is 18.5. The summed E-state index contributed by atoms with van der Waals surface area (Å²) >= 11 is 0. The molecule has 1 aliphatic rings. The molecule has 0 saturated carbocycles. The van der Waals surface area contributed by atoms with Crippen molar-refractivity contribution in [3.8, 4) is 0 Å². The third-order valence-corrected chi connectivity index (χ3v) is 5.70. The van der Waals surface area contributed by atoms with Gasteiger partial charge in [0.25, 0.3) is 0 Å². The first kappa shape index (κ1) is 19.6. The Morgan fingerprint density at radius 2 is 1.79 bits per heavy atom. The number of imidazole rings is 1. The average Bonchev–Trinajstić information content (AvgIpc) is 3.21. The summed E-state index contributed by atoms with van der Waals surface area (Å²) in [7, 11) is 0. The second kappa shape index (κ2) is 9.70. The summed E-state index contributed by atoms with van der Waals surface area (Å²) in [5.74, 6) is 1.72. The first-order chi connectivity index (χ1) is 14.3. The van der Waals surface area contributed by atoms with Crippen molar-refractivity contribution in [3.05, 3.63) is 66.0 Å². The Morgan fingerprint density at radius 1 is 1.03 bits per heavy atom. The number of hydrogen-bond donors (Lipinski definition) is 1. The number of likely N-dealkylation sites (tertiary alicyclic amines) is 1. The number of para-hydroxylation sites is 2. The minimum absolute atomic E-state index is 0.250. The largest absolute Gasteiger partial charge is 0.381 e. The maximum atomic E-state index is 12.5. The highest BCUT2D eigenvalue weighted by atomic mass is 16.5. The number of aromatic nitrogens is 2. The van der Waals surface area contributed by atoms with Crippen LogP contribution in [0, 0.1) is 0 Å².